The van der Waals surface area contributed by atoms with Crippen molar-refractivity contribution < 1.29 is 0 Å². The van der Waals surface area contributed by atoms with Crippen molar-refractivity contribution in [3.05, 3.63) is 47.5 Å². The van der Waals surface area contributed by atoms with Crippen molar-refractivity contribution in [2.75, 3.05) is 13.1 Å². The summed E-state index contributed by atoms with van der Waals surface area (Å²) in [6.07, 6.45) is 4.69. The van der Waals surface area contributed by atoms with Gasteiger partial charge in [-0.25, -0.2) is 0 Å². The average molecular weight is 173 g/mol. The van der Waals surface area contributed by atoms with Crippen molar-refractivity contribution in [1.29, 1.82) is 0 Å². The molecule has 1 aromatic carbocycles. The SMILES string of the molecule is C1=C(CCc2ccccc2)CNC1. The molecule has 0 atom stereocenters. The van der Waals surface area contributed by atoms with Crippen molar-refractivity contribution >= 4 is 0 Å². The smallest absolute Gasteiger partial charge is 0.0168 e. The van der Waals surface area contributed by atoms with Crippen molar-refractivity contribution in [3.63, 3.8) is 0 Å². The van der Waals surface area contributed by atoms with Crippen LogP contribution in [0.4, 0.5) is 0 Å². The third kappa shape index (κ3) is 2.43. The van der Waals surface area contributed by atoms with Gasteiger partial charge in [0.05, 0.1) is 0 Å². The Hall–Kier alpha value is -1.08. The molecular formula is C12H15N. The summed E-state index contributed by atoms with van der Waals surface area (Å²) in [4.78, 5) is 0. The van der Waals surface area contributed by atoms with Gasteiger partial charge in [-0.05, 0) is 18.4 Å². The molecule has 0 unspecified atom stereocenters. The molecule has 1 aromatic rings. The molecule has 0 spiro atoms. The highest BCUT2D eigenvalue weighted by atomic mass is 14.9. The van der Waals surface area contributed by atoms with E-state index < -0.39 is 0 Å². The van der Waals surface area contributed by atoms with Crippen molar-refractivity contribution in [1.82, 2.24) is 5.32 Å². The molecule has 0 bridgehead atoms. The molecule has 0 amide bonds. The van der Waals surface area contributed by atoms with E-state index in [1.165, 1.54) is 18.4 Å². The fraction of sp³-hybridized carbons (Fsp3) is 0.333. The van der Waals surface area contributed by atoms with Crippen LogP contribution < -0.4 is 5.32 Å². The van der Waals surface area contributed by atoms with Gasteiger partial charge >= 0.3 is 0 Å². The van der Waals surface area contributed by atoms with E-state index >= 15 is 0 Å². The molecule has 1 heterocycles. The maximum absolute atomic E-state index is 3.32. The van der Waals surface area contributed by atoms with Gasteiger partial charge in [-0.3, -0.25) is 0 Å². The van der Waals surface area contributed by atoms with Crippen LogP contribution in [-0.4, -0.2) is 13.1 Å². The van der Waals surface area contributed by atoms with E-state index in [-0.39, 0.29) is 0 Å². The lowest BCUT2D eigenvalue weighted by molar-refractivity contribution is 0.833. The van der Waals surface area contributed by atoms with Gasteiger partial charge in [0.2, 0.25) is 0 Å². The highest BCUT2D eigenvalue weighted by Gasteiger charge is 2.02. The van der Waals surface area contributed by atoms with Crippen LogP contribution in [0.3, 0.4) is 0 Å². The predicted octanol–water partition coefficient (Wildman–Crippen LogP) is 2.15. The Morgan fingerprint density at radius 2 is 1.92 bits per heavy atom. The summed E-state index contributed by atoms with van der Waals surface area (Å²) in [5.41, 5.74) is 3.00. The second-order valence-corrected chi connectivity index (χ2v) is 3.48. The lowest BCUT2D eigenvalue weighted by Crippen LogP contribution is -2.08. The van der Waals surface area contributed by atoms with Gasteiger partial charge in [0.15, 0.2) is 0 Å². The zero-order valence-corrected chi connectivity index (χ0v) is 7.79. The molecular weight excluding hydrogens is 158 g/mol. The fourth-order valence-electron chi connectivity index (χ4n) is 1.66. The van der Waals surface area contributed by atoms with Crippen molar-refractivity contribution in [3.8, 4) is 0 Å². The third-order valence-corrected chi connectivity index (χ3v) is 2.46. The first kappa shape index (κ1) is 8.52. The average Bonchev–Trinajstić information content (AvgIpc) is 2.69. The summed E-state index contributed by atoms with van der Waals surface area (Å²) in [7, 11) is 0. The molecule has 0 aliphatic carbocycles. The number of benzene rings is 1. The van der Waals surface area contributed by atoms with Crippen LogP contribution >= 0.6 is 0 Å². The summed E-state index contributed by atoms with van der Waals surface area (Å²) in [5, 5.41) is 3.32. The highest BCUT2D eigenvalue weighted by molar-refractivity contribution is 5.18. The van der Waals surface area contributed by atoms with Gasteiger partial charge in [-0.1, -0.05) is 42.0 Å². The zero-order chi connectivity index (χ0) is 8.93. The molecule has 2 rings (SSSR count). The monoisotopic (exact) mass is 173 g/mol. The number of aryl methyl sites for hydroxylation is 1. The van der Waals surface area contributed by atoms with Crippen LogP contribution in [0.15, 0.2) is 42.0 Å². The van der Waals surface area contributed by atoms with Gasteiger partial charge in [0.1, 0.15) is 0 Å². The van der Waals surface area contributed by atoms with Crippen LogP contribution in [-0.2, 0) is 6.42 Å². The Morgan fingerprint density at radius 1 is 1.08 bits per heavy atom. The van der Waals surface area contributed by atoms with Crippen LogP contribution in [0.5, 0.6) is 0 Å². The van der Waals surface area contributed by atoms with E-state index in [4.69, 9.17) is 0 Å². The van der Waals surface area contributed by atoms with E-state index in [0.29, 0.717) is 0 Å². The first-order chi connectivity index (χ1) is 6.45. The number of hydrogen-bond acceptors (Lipinski definition) is 1. The Morgan fingerprint density at radius 3 is 2.62 bits per heavy atom. The van der Waals surface area contributed by atoms with Gasteiger partial charge in [-0.2, -0.15) is 0 Å². The molecule has 0 fully saturated rings. The number of rotatable bonds is 3. The summed E-state index contributed by atoms with van der Waals surface area (Å²) < 4.78 is 0. The second kappa shape index (κ2) is 4.24. The summed E-state index contributed by atoms with van der Waals surface area (Å²) in [6, 6.07) is 10.7. The molecule has 1 aliphatic heterocycles. The summed E-state index contributed by atoms with van der Waals surface area (Å²) in [6.45, 7) is 2.15. The minimum Gasteiger partial charge on any atom is -0.310 e. The van der Waals surface area contributed by atoms with Gasteiger partial charge in [0, 0.05) is 13.1 Å². The molecule has 1 heteroatoms. The lowest BCUT2D eigenvalue weighted by Gasteiger charge is -2.01. The molecule has 0 aromatic heterocycles. The Balaban J connectivity index is 1.86. The van der Waals surface area contributed by atoms with E-state index in [1.54, 1.807) is 5.57 Å². The largest absolute Gasteiger partial charge is 0.310 e. The van der Waals surface area contributed by atoms with Crippen LogP contribution in [0.25, 0.3) is 0 Å². The molecule has 1 nitrogen and oxygen atoms in total. The quantitative estimate of drug-likeness (QED) is 0.691. The Kier molecular flexibility index (Phi) is 2.78. The van der Waals surface area contributed by atoms with E-state index in [0.717, 1.165) is 13.1 Å². The normalized spacial score (nSPS) is 15.8. The molecule has 0 radical (unpaired) electrons. The summed E-state index contributed by atoms with van der Waals surface area (Å²) in [5.74, 6) is 0. The predicted molar refractivity (Wildman–Crippen MR) is 55.7 cm³/mol. The second-order valence-electron chi connectivity index (χ2n) is 3.48. The molecule has 0 saturated heterocycles. The molecule has 68 valence electrons. The molecule has 0 saturated carbocycles. The van der Waals surface area contributed by atoms with E-state index in [9.17, 15) is 0 Å². The van der Waals surface area contributed by atoms with Gasteiger partial charge in [-0.15, -0.1) is 0 Å². The lowest BCUT2D eigenvalue weighted by atomic mass is 10.1. The van der Waals surface area contributed by atoms with Gasteiger partial charge < -0.3 is 5.32 Å². The summed E-state index contributed by atoms with van der Waals surface area (Å²) >= 11 is 0. The Bertz CT molecular complexity index is 287. The molecule has 13 heavy (non-hydrogen) atoms. The number of nitrogens with one attached hydrogen (secondary N) is 1. The first-order valence-corrected chi connectivity index (χ1v) is 4.88. The fourth-order valence-corrected chi connectivity index (χ4v) is 1.66. The Labute approximate surface area is 79.5 Å². The van der Waals surface area contributed by atoms with Crippen LogP contribution in [0.2, 0.25) is 0 Å². The van der Waals surface area contributed by atoms with Crippen LogP contribution in [0.1, 0.15) is 12.0 Å². The van der Waals surface area contributed by atoms with Crippen molar-refractivity contribution in [2.45, 2.75) is 12.8 Å². The van der Waals surface area contributed by atoms with Gasteiger partial charge in [0.25, 0.3) is 0 Å². The first-order valence-electron chi connectivity index (χ1n) is 4.88. The minimum atomic E-state index is 1.06. The molecule has 1 aliphatic rings. The van der Waals surface area contributed by atoms with E-state index in [1.807, 2.05) is 0 Å². The minimum absolute atomic E-state index is 1.06. The zero-order valence-electron chi connectivity index (χ0n) is 7.79. The van der Waals surface area contributed by atoms with Crippen molar-refractivity contribution in [2.24, 2.45) is 0 Å². The standard InChI is InChI=1S/C12H15N/c1-2-4-11(5-3-1)6-7-12-8-9-13-10-12/h1-5,8,13H,6-7,9-10H2. The topological polar surface area (TPSA) is 12.0 Å². The van der Waals surface area contributed by atoms with E-state index in [2.05, 4.69) is 41.7 Å². The third-order valence-electron chi connectivity index (χ3n) is 2.46. The maximum Gasteiger partial charge on any atom is 0.0168 e. The van der Waals surface area contributed by atoms with Crippen LogP contribution in [0, 0.1) is 0 Å². The highest BCUT2D eigenvalue weighted by Crippen LogP contribution is 2.10. The maximum atomic E-state index is 3.32. The number of hydrogen-bond donors (Lipinski definition) is 1. The molecule has 1 N–H and O–H groups in total.